The Labute approximate surface area is 78.9 Å². The molecule has 0 saturated carbocycles. The Bertz CT molecular complexity index is 280. The lowest BCUT2D eigenvalue weighted by molar-refractivity contribution is 1.15. The molecule has 0 saturated heterocycles. The van der Waals surface area contributed by atoms with Gasteiger partial charge in [0.1, 0.15) is 0 Å². The van der Waals surface area contributed by atoms with E-state index in [-0.39, 0.29) is 0 Å². The summed E-state index contributed by atoms with van der Waals surface area (Å²) in [5.41, 5.74) is 3.61. The molecular formula is C11H13Cl. The van der Waals surface area contributed by atoms with Crippen LogP contribution in [0.15, 0.2) is 30.4 Å². The highest BCUT2D eigenvalue weighted by Gasteiger charge is 1.96. The van der Waals surface area contributed by atoms with Crippen molar-refractivity contribution in [2.24, 2.45) is 0 Å². The monoisotopic (exact) mass is 180 g/mol. The molecule has 0 radical (unpaired) electrons. The van der Waals surface area contributed by atoms with Crippen LogP contribution in [0.3, 0.4) is 0 Å². The fourth-order valence-corrected chi connectivity index (χ4v) is 1.57. The third kappa shape index (κ3) is 2.71. The zero-order valence-electron chi connectivity index (χ0n) is 7.52. The van der Waals surface area contributed by atoms with Crippen LogP contribution in [0.25, 0.3) is 0 Å². The van der Waals surface area contributed by atoms with Crippen molar-refractivity contribution in [3.63, 3.8) is 0 Å². The first-order valence-electron chi connectivity index (χ1n) is 3.98. The number of rotatable bonds is 2. The van der Waals surface area contributed by atoms with Crippen LogP contribution in [-0.4, -0.2) is 0 Å². The molecule has 0 spiro atoms. The van der Waals surface area contributed by atoms with Gasteiger partial charge in [0, 0.05) is 5.02 Å². The van der Waals surface area contributed by atoms with Gasteiger partial charge < -0.3 is 0 Å². The van der Waals surface area contributed by atoms with E-state index in [0.29, 0.717) is 0 Å². The Kier molecular flexibility index (Phi) is 2.93. The Morgan fingerprint density at radius 3 is 2.58 bits per heavy atom. The maximum absolute atomic E-state index is 5.90. The van der Waals surface area contributed by atoms with Crippen molar-refractivity contribution in [2.45, 2.75) is 20.3 Å². The van der Waals surface area contributed by atoms with Crippen LogP contribution >= 0.6 is 11.6 Å². The van der Waals surface area contributed by atoms with E-state index in [9.17, 15) is 0 Å². The highest BCUT2D eigenvalue weighted by Crippen LogP contribution is 2.16. The van der Waals surface area contributed by atoms with Gasteiger partial charge in [-0.15, -0.1) is 0 Å². The summed E-state index contributed by atoms with van der Waals surface area (Å²) < 4.78 is 0. The third-order valence-corrected chi connectivity index (χ3v) is 1.83. The van der Waals surface area contributed by atoms with E-state index in [1.165, 1.54) is 11.1 Å². The molecule has 1 aromatic rings. The Morgan fingerprint density at radius 2 is 2.08 bits per heavy atom. The van der Waals surface area contributed by atoms with E-state index in [2.05, 4.69) is 12.6 Å². The van der Waals surface area contributed by atoms with E-state index in [1.807, 2.05) is 26.0 Å². The number of allylic oxidation sites excluding steroid dienone is 1. The van der Waals surface area contributed by atoms with Gasteiger partial charge in [-0.25, -0.2) is 0 Å². The van der Waals surface area contributed by atoms with Gasteiger partial charge in [-0.2, -0.15) is 0 Å². The summed E-state index contributed by atoms with van der Waals surface area (Å²) in [6, 6.07) is 6.09. The molecule has 0 aliphatic rings. The largest absolute Gasteiger partial charge is 0.0998 e. The quantitative estimate of drug-likeness (QED) is 0.608. The standard InChI is InChI=1S/C11H13Cl/c1-8(2)4-10-5-9(3)6-11(12)7-10/h5-7H,1,4H2,2-3H3. The van der Waals surface area contributed by atoms with Crippen LogP contribution in [0.5, 0.6) is 0 Å². The minimum absolute atomic E-state index is 0.811. The number of benzene rings is 1. The zero-order chi connectivity index (χ0) is 9.14. The second kappa shape index (κ2) is 3.77. The smallest absolute Gasteiger partial charge is 0.0411 e. The first kappa shape index (κ1) is 9.34. The summed E-state index contributed by atoms with van der Waals surface area (Å²) >= 11 is 5.90. The molecule has 0 heterocycles. The number of hydrogen-bond acceptors (Lipinski definition) is 0. The molecule has 0 aliphatic heterocycles. The molecule has 0 atom stereocenters. The molecule has 0 amide bonds. The van der Waals surface area contributed by atoms with Crippen LogP contribution in [0, 0.1) is 6.92 Å². The molecule has 1 aromatic carbocycles. The maximum Gasteiger partial charge on any atom is 0.0411 e. The zero-order valence-corrected chi connectivity index (χ0v) is 8.28. The molecule has 0 bridgehead atoms. The van der Waals surface area contributed by atoms with Crippen molar-refractivity contribution in [3.05, 3.63) is 46.5 Å². The molecule has 0 aliphatic carbocycles. The first-order valence-corrected chi connectivity index (χ1v) is 4.36. The van der Waals surface area contributed by atoms with Gasteiger partial charge >= 0.3 is 0 Å². The fraction of sp³-hybridized carbons (Fsp3) is 0.273. The summed E-state index contributed by atoms with van der Waals surface area (Å²) in [6.45, 7) is 7.94. The van der Waals surface area contributed by atoms with E-state index in [1.54, 1.807) is 0 Å². The highest BCUT2D eigenvalue weighted by molar-refractivity contribution is 6.30. The summed E-state index contributed by atoms with van der Waals surface area (Å²) in [4.78, 5) is 0. The molecule has 1 rings (SSSR count). The van der Waals surface area contributed by atoms with Crippen LogP contribution in [0.4, 0.5) is 0 Å². The van der Waals surface area contributed by atoms with Gasteiger partial charge in [-0.3, -0.25) is 0 Å². The van der Waals surface area contributed by atoms with Crippen molar-refractivity contribution in [3.8, 4) is 0 Å². The first-order chi connectivity index (χ1) is 5.58. The summed E-state index contributed by atoms with van der Waals surface area (Å²) in [7, 11) is 0. The van der Waals surface area contributed by atoms with Gasteiger partial charge in [-0.1, -0.05) is 29.8 Å². The minimum Gasteiger partial charge on any atom is -0.0998 e. The summed E-state index contributed by atoms with van der Waals surface area (Å²) in [6.07, 6.45) is 0.918. The average Bonchev–Trinajstić information content (AvgIpc) is 1.81. The number of halogens is 1. The molecule has 0 N–H and O–H groups in total. The number of hydrogen-bond donors (Lipinski definition) is 0. The lowest BCUT2D eigenvalue weighted by atomic mass is 10.1. The molecule has 0 aromatic heterocycles. The van der Waals surface area contributed by atoms with Gasteiger partial charge in [0.2, 0.25) is 0 Å². The molecule has 1 heteroatoms. The molecule has 12 heavy (non-hydrogen) atoms. The van der Waals surface area contributed by atoms with Gasteiger partial charge in [0.15, 0.2) is 0 Å². The average molecular weight is 181 g/mol. The van der Waals surface area contributed by atoms with Crippen LogP contribution in [0.1, 0.15) is 18.1 Å². The maximum atomic E-state index is 5.90. The van der Waals surface area contributed by atoms with Crippen molar-refractivity contribution in [1.82, 2.24) is 0 Å². The fourth-order valence-electron chi connectivity index (χ4n) is 1.26. The van der Waals surface area contributed by atoms with E-state index < -0.39 is 0 Å². The summed E-state index contributed by atoms with van der Waals surface area (Å²) in [5, 5.41) is 0.811. The van der Waals surface area contributed by atoms with Crippen LogP contribution in [0.2, 0.25) is 5.02 Å². The van der Waals surface area contributed by atoms with Crippen molar-refractivity contribution >= 4 is 11.6 Å². The van der Waals surface area contributed by atoms with E-state index in [0.717, 1.165) is 17.0 Å². The molecular weight excluding hydrogens is 168 g/mol. The van der Waals surface area contributed by atoms with Gasteiger partial charge in [-0.05, 0) is 43.5 Å². The van der Waals surface area contributed by atoms with Crippen LogP contribution in [-0.2, 0) is 6.42 Å². The van der Waals surface area contributed by atoms with Crippen LogP contribution < -0.4 is 0 Å². The number of aryl methyl sites for hydroxylation is 1. The predicted octanol–water partition coefficient (Wildman–Crippen LogP) is 3.77. The normalized spacial score (nSPS) is 9.92. The Hall–Kier alpha value is -0.750. The SMILES string of the molecule is C=C(C)Cc1cc(C)cc(Cl)c1. The van der Waals surface area contributed by atoms with Gasteiger partial charge in [0.25, 0.3) is 0 Å². The van der Waals surface area contributed by atoms with Crippen molar-refractivity contribution < 1.29 is 0 Å². The summed E-state index contributed by atoms with van der Waals surface area (Å²) in [5.74, 6) is 0. The topological polar surface area (TPSA) is 0 Å². The molecule has 0 unspecified atom stereocenters. The minimum atomic E-state index is 0.811. The Balaban J connectivity index is 2.93. The van der Waals surface area contributed by atoms with E-state index >= 15 is 0 Å². The molecule has 64 valence electrons. The van der Waals surface area contributed by atoms with Gasteiger partial charge in [0.05, 0.1) is 0 Å². The van der Waals surface area contributed by atoms with Crippen molar-refractivity contribution in [1.29, 1.82) is 0 Å². The second-order valence-electron chi connectivity index (χ2n) is 3.27. The van der Waals surface area contributed by atoms with Crippen molar-refractivity contribution in [2.75, 3.05) is 0 Å². The Morgan fingerprint density at radius 1 is 1.42 bits per heavy atom. The predicted molar refractivity (Wildman–Crippen MR) is 54.7 cm³/mol. The third-order valence-electron chi connectivity index (χ3n) is 1.61. The highest BCUT2D eigenvalue weighted by atomic mass is 35.5. The second-order valence-corrected chi connectivity index (χ2v) is 3.71. The molecule has 0 fully saturated rings. The van der Waals surface area contributed by atoms with E-state index in [4.69, 9.17) is 11.6 Å². The lowest BCUT2D eigenvalue weighted by Crippen LogP contribution is -1.86. The molecule has 0 nitrogen and oxygen atoms in total. The lowest BCUT2D eigenvalue weighted by Gasteiger charge is -2.02.